The first-order valence-electron chi connectivity index (χ1n) is 9.88. The minimum Gasteiger partial charge on any atom is -0.508 e. The topological polar surface area (TPSA) is 50.4 Å². The van der Waals surface area contributed by atoms with Gasteiger partial charge in [0.05, 0.1) is 0 Å². The fourth-order valence-electron chi connectivity index (χ4n) is 3.40. The van der Waals surface area contributed by atoms with Crippen LogP contribution in [0.3, 0.4) is 0 Å². The predicted octanol–water partition coefficient (Wildman–Crippen LogP) is 6.27. The molecule has 138 valence electrons. The number of rotatable bonds is 11. The summed E-state index contributed by atoms with van der Waals surface area (Å²) >= 11 is 0. The highest BCUT2D eigenvalue weighted by Gasteiger charge is 2.08. The van der Waals surface area contributed by atoms with Crippen LogP contribution in [0, 0.1) is 6.92 Å². The van der Waals surface area contributed by atoms with Gasteiger partial charge in [-0.2, -0.15) is 0 Å². The highest BCUT2D eigenvalue weighted by atomic mass is 16.4. The van der Waals surface area contributed by atoms with Crippen molar-refractivity contribution < 1.29 is 9.52 Å². The van der Waals surface area contributed by atoms with Gasteiger partial charge in [0.2, 0.25) is 0 Å². The van der Waals surface area contributed by atoms with Gasteiger partial charge < -0.3 is 9.52 Å². The summed E-state index contributed by atoms with van der Waals surface area (Å²) in [5.74, 6) is 0.233. The number of hydrogen-bond acceptors (Lipinski definition) is 3. The number of aryl methyl sites for hydroxylation is 2. The minimum absolute atomic E-state index is 0.233. The average Bonchev–Trinajstić information content (AvgIpc) is 2.57. The Balaban J connectivity index is 1.74. The van der Waals surface area contributed by atoms with E-state index in [1.807, 2.05) is 13.0 Å². The lowest BCUT2D eigenvalue weighted by Gasteiger charge is -2.08. The molecule has 0 spiro atoms. The third-order valence-electron chi connectivity index (χ3n) is 4.95. The smallest absolute Gasteiger partial charge is 0.336 e. The van der Waals surface area contributed by atoms with E-state index in [0.717, 1.165) is 29.4 Å². The Morgan fingerprint density at radius 3 is 2.12 bits per heavy atom. The maximum atomic E-state index is 11.4. The summed E-state index contributed by atoms with van der Waals surface area (Å²) in [4.78, 5) is 11.4. The summed E-state index contributed by atoms with van der Waals surface area (Å²) in [5.41, 5.74) is 1.95. The van der Waals surface area contributed by atoms with Gasteiger partial charge in [-0.3, -0.25) is 0 Å². The third-order valence-corrected chi connectivity index (χ3v) is 4.95. The summed E-state index contributed by atoms with van der Waals surface area (Å²) < 4.78 is 5.17. The van der Waals surface area contributed by atoms with E-state index in [1.165, 1.54) is 63.9 Å². The number of fused-ring (bicyclic) bond motifs is 1. The largest absolute Gasteiger partial charge is 0.508 e. The average molecular weight is 344 g/mol. The van der Waals surface area contributed by atoms with E-state index in [-0.39, 0.29) is 11.4 Å². The quantitative estimate of drug-likeness (QED) is 0.386. The van der Waals surface area contributed by atoms with Crippen molar-refractivity contribution in [3.63, 3.8) is 0 Å². The lowest BCUT2D eigenvalue weighted by molar-refractivity contribution is 0.463. The van der Waals surface area contributed by atoms with Crippen LogP contribution >= 0.6 is 0 Å². The van der Waals surface area contributed by atoms with Gasteiger partial charge in [0.25, 0.3) is 0 Å². The molecule has 0 fully saturated rings. The second-order valence-corrected chi connectivity index (χ2v) is 7.16. The van der Waals surface area contributed by atoms with Crippen LogP contribution in [-0.2, 0) is 6.42 Å². The molecular formula is C22H32O3. The molecule has 25 heavy (non-hydrogen) atoms. The molecule has 0 saturated carbocycles. The fourth-order valence-corrected chi connectivity index (χ4v) is 3.40. The molecule has 0 amide bonds. The molecule has 3 nitrogen and oxygen atoms in total. The molecular weight excluding hydrogens is 312 g/mol. The van der Waals surface area contributed by atoms with E-state index in [0.29, 0.717) is 5.58 Å². The molecule has 2 aromatic rings. The molecule has 1 heterocycles. The van der Waals surface area contributed by atoms with Crippen LogP contribution in [0.25, 0.3) is 11.0 Å². The molecule has 3 heteroatoms. The molecule has 0 bridgehead atoms. The highest BCUT2D eigenvalue weighted by molar-refractivity contribution is 5.82. The van der Waals surface area contributed by atoms with E-state index >= 15 is 0 Å². The zero-order valence-electron chi connectivity index (χ0n) is 15.8. The fraction of sp³-hybridized carbons (Fsp3) is 0.591. The van der Waals surface area contributed by atoms with Crippen LogP contribution in [0.4, 0.5) is 0 Å². The number of phenols is 1. The Morgan fingerprint density at radius 1 is 0.880 bits per heavy atom. The van der Waals surface area contributed by atoms with Gasteiger partial charge in [0.1, 0.15) is 11.3 Å². The summed E-state index contributed by atoms with van der Waals surface area (Å²) in [5, 5.41) is 11.1. The molecule has 1 N–H and O–H groups in total. The molecule has 2 rings (SSSR count). The van der Waals surface area contributed by atoms with Crippen molar-refractivity contribution in [1.82, 2.24) is 0 Å². The molecule has 0 atom stereocenters. The van der Waals surface area contributed by atoms with E-state index in [4.69, 9.17) is 4.42 Å². The maximum absolute atomic E-state index is 11.4. The second kappa shape index (κ2) is 10.3. The van der Waals surface area contributed by atoms with Crippen molar-refractivity contribution in [3.05, 3.63) is 39.7 Å². The number of unbranched alkanes of at least 4 members (excludes halogenated alkanes) is 9. The monoisotopic (exact) mass is 344 g/mol. The van der Waals surface area contributed by atoms with E-state index in [9.17, 15) is 9.90 Å². The standard InChI is InChI=1S/C22H32O3/c1-3-4-5-6-7-8-9-10-11-12-13-18-15-19-17(2)14-22(24)25-21(19)16-20(18)23/h14-16,23H,3-13H2,1-2H3. The van der Waals surface area contributed by atoms with Crippen molar-refractivity contribution in [2.24, 2.45) is 0 Å². The molecule has 0 saturated heterocycles. The Kier molecular flexibility index (Phi) is 8.03. The Morgan fingerprint density at radius 2 is 1.48 bits per heavy atom. The molecule has 1 aromatic heterocycles. The van der Waals surface area contributed by atoms with Crippen molar-refractivity contribution >= 4 is 11.0 Å². The van der Waals surface area contributed by atoms with Crippen molar-refractivity contribution in [1.29, 1.82) is 0 Å². The zero-order valence-corrected chi connectivity index (χ0v) is 15.8. The van der Waals surface area contributed by atoms with Crippen molar-refractivity contribution in [3.8, 4) is 5.75 Å². The van der Waals surface area contributed by atoms with Crippen molar-refractivity contribution in [2.75, 3.05) is 0 Å². The van der Waals surface area contributed by atoms with Crippen LogP contribution in [0.1, 0.15) is 82.3 Å². The Labute approximate surface area is 151 Å². The SMILES string of the molecule is CCCCCCCCCCCCc1cc2c(C)cc(=O)oc2cc1O. The van der Waals surface area contributed by atoms with Crippen molar-refractivity contribution in [2.45, 2.75) is 84.5 Å². The molecule has 0 unspecified atom stereocenters. The summed E-state index contributed by atoms with van der Waals surface area (Å²) in [7, 11) is 0. The summed E-state index contributed by atoms with van der Waals surface area (Å²) in [6.45, 7) is 4.16. The number of benzene rings is 1. The first kappa shape index (κ1) is 19.6. The first-order chi connectivity index (χ1) is 12.1. The van der Waals surface area contributed by atoms with Crippen LogP contribution in [0.5, 0.6) is 5.75 Å². The molecule has 0 aliphatic rings. The third kappa shape index (κ3) is 6.22. The molecule has 0 aliphatic heterocycles. The van der Waals surface area contributed by atoms with E-state index < -0.39 is 0 Å². The van der Waals surface area contributed by atoms with Crippen LogP contribution in [-0.4, -0.2) is 5.11 Å². The Bertz CT molecular complexity index is 715. The first-order valence-corrected chi connectivity index (χ1v) is 9.88. The minimum atomic E-state index is -0.369. The molecule has 0 aliphatic carbocycles. The van der Waals surface area contributed by atoms with Gasteiger partial charge in [-0.25, -0.2) is 4.79 Å². The number of hydrogen-bond donors (Lipinski definition) is 1. The summed E-state index contributed by atoms with van der Waals surface area (Å²) in [6.07, 6.45) is 13.9. The van der Waals surface area contributed by atoms with E-state index in [1.54, 1.807) is 6.07 Å². The lowest BCUT2D eigenvalue weighted by Crippen LogP contribution is -1.98. The number of phenolic OH excluding ortho intramolecular Hbond substituents is 1. The molecule has 1 aromatic carbocycles. The van der Waals surface area contributed by atoms with Gasteiger partial charge >= 0.3 is 5.63 Å². The highest BCUT2D eigenvalue weighted by Crippen LogP contribution is 2.27. The Hall–Kier alpha value is -1.77. The second-order valence-electron chi connectivity index (χ2n) is 7.16. The zero-order chi connectivity index (χ0) is 18.1. The van der Waals surface area contributed by atoms with Crippen LogP contribution in [0.2, 0.25) is 0 Å². The van der Waals surface area contributed by atoms with Gasteiger partial charge in [0, 0.05) is 17.5 Å². The van der Waals surface area contributed by atoms with Gasteiger partial charge in [0.15, 0.2) is 0 Å². The van der Waals surface area contributed by atoms with E-state index in [2.05, 4.69) is 6.92 Å². The van der Waals surface area contributed by atoms with Gasteiger partial charge in [-0.05, 0) is 37.0 Å². The predicted molar refractivity (Wildman–Crippen MR) is 104 cm³/mol. The molecule has 0 radical (unpaired) electrons. The number of aromatic hydroxyl groups is 1. The summed E-state index contributed by atoms with van der Waals surface area (Å²) in [6, 6.07) is 5.05. The van der Waals surface area contributed by atoms with Gasteiger partial charge in [-0.1, -0.05) is 64.7 Å². The maximum Gasteiger partial charge on any atom is 0.336 e. The lowest BCUT2D eigenvalue weighted by atomic mass is 10.0. The van der Waals surface area contributed by atoms with Gasteiger partial charge in [-0.15, -0.1) is 0 Å². The normalized spacial score (nSPS) is 11.3. The van der Waals surface area contributed by atoms with Crippen LogP contribution in [0.15, 0.2) is 27.4 Å². The van der Waals surface area contributed by atoms with Crippen LogP contribution < -0.4 is 5.63 Å².